The van der Waals surface area contributed by atoms with Gasteiger partial charge in [-0.25, -0.2) is 18.8 Å². The lowest BCUT2D eigenvalue weighted by Gasteiger charge is -2.31. The molecule has 0 saturated carbocycles. The van der Waals surface area contributed by atoms with Crippen LogP contribution >= 0.6 is 0 Å². The smallest absolute Gasteiger partial charge is 0.416 e. The van der Waals surface area contributed by atoms with E-state index in [0.29, 0.717) is 43.7 Å². The van der Waals surface area contributed by atoms with Crippen molar-refractivity contribution < 1.29 is 23.5 Å². The number of imide groups is 1. The monoisotopic (exact) mass is 690 g/mol. The van der Waals surface area contributed by atoms with Crippen molar-refractivity contribution in [1.29, 1.82) is 0 Å². The number of hydrogen-bond donors (Lipinski definition) is 0. The lowest BCUT2D eigenvalue weighted by atomic mass is 9.79. The summed E-state index contributed by atoms with van der Waals surface area (Å²) in [6.45, 7) is 12.3. The molecule has 51 heavy (non-hydrogen) atoms. The molecule has 1 fully saturated rings. The summed E-state index contributed by atoms with van der Waals surface area (Å²) in [5.74, 6) is -1.75. The Morgan fingerprint density at radius 1 is 1.08 bits per heavy atom. The summed E-state index contributed by atoms with van der Waals surface area (Å²) < 4.78 is 30.1. The summed E-state index contributed by atoms with van der Waals surface area (Å²) >= 11 is 0. The molecule has 2 aromatic heterocycles. The van der Waals surface area contributed by atoms with Crippen LogP contribution in [0, 0.1) is 18.7 Å². The van der Waals surface area contributed by atoms with E-state index in [1.165, 1.54) is 4.90 Å². The molecule has 11 heteroatoms. The highest BCUT2D eigenvalue weighted by molar-refractivity contribution is 5.95. The Kier molecular flexibility index (Phi) is 9.32. The number of aromatic nitrogens is 4. The van der Waals surface area contributed by atoms with Gasteiger partial charge in [-0.3, -0.25) is 14.7 Å². The Morgan fingerprint density at radius 2 is 1.88 bits per heavy atom. The molecule has 2 aliphatic rings. The van der Waals surface area contributed by atoms with Gasteiger partial charge in [0.15, 0.2) is 5.82 Å². The van der Waals surface area contributed by atoms with Crippen molar-refractivity contribution in [3.05, 3.63) is 118 Å². The average molecular weight is 691 g/mol. The van der Waals surface area contributed by atoms with E-state index in [4.69, 9.17) is 9.47 Å². The number of rotatable bonds is 9. The van der Waals surface area contributed by atoms with Gasteiger partial charge >= 0.3 is 6.09 Å². The molecular weight excluding hydrogens is 647 g/mol. The van der Waals surface area contributed by atoms with Gasteiger partial charge in [-0.1, -0.05) is 66.7 Å². The van der Waals surface area contributed by atoms with E-state index in [1.807, 2.05) is 67.6 Å². The molecule has 0 bridgehead atoms. The maximum absolute atomic E-state index is 16.7. The number of carbonyl (C=O) groups is 2. The molecule has 7 rings (SSSR count). The molecule has 0 aliphatic carbocycles. The quantitative estimate of drug-likeness (QED) is 0.166. The third kappa shape index (κ3) is 6.82. The molecule has 0 radical (unpaired) electrons. The molecule has 5 aromatic rings. The molecule has 3 aromatic carbocycles. The Morgan fingerprint density at radius 3 is 2.67 bits per heavy atom. The predicted molar refractivity (Wildman–Crippen MR) is 191 cm³/mol. The molecule has 3 atom stereocenters. The lowest BCUT2D eigenvalue weighted by Crippen LogP contribution is -2.44. The van der Waals surface area contributed by atoms with Crippen molar-refractivity contribution in [1.82, 2.24) is 29.8 Å². The average Bonchev–Trinajstić information content (AvgIpc) is 3.67. The van der Waals surface area contributed by atoms with Crippen molar-refractivity contribution in [3.8, 4) is 5.75 Å². The van der Waals surface area contributed by atoms with Gasteiger partial charge in [0.25, 0.3) is 0 Å². The second-order valence-electron chi connectivity index (χ2n) is 14.3. The number of nitrogens with zero attached hydrogens (tertiary/aromatic N) is 6. The molecule has 0 spiro atoms. The molecule has 10 nitrogen and oxygen atoms in total. The molecule has 264 valence electrons. The third-order valence-corrected chi connectivity index (χ3v) is 10.0. The van der Waals surface area contributed by atoms with Crippen LogP contribution in [0.1, 0.15) is 67.1 Å². The first-order chi connectivity index (χ1) is 24.5. The van der Waals surface area contributed by atoms with E-state index in [9.17, 15) is 9.59 Å². The highest BCUT2D eigenvalue weighted by Crippen LogP contribution is 2.39. The minimum Gasteiger partial charge on any atom is -0.485 e. The van der Waals surface area contributed by atoms with Crippen molar-refractivity contribution >= 4 is 23.0 Å². The van der Waals surface area contributed by atoms with Crippen LogP contribution < -0.4 is 4.74 Å². The summed E-state index contributed by atoms with van der Waals surface area (Å²) in [6.07, 6.45) is 1.55. The molecule has 1 saturated heterocycles. The van der Waals surface area contributed by atoms with E-state index in [1.54, 1.807) is 23.9 Å². The zero-order valence-electron chi connectivity index (χ0n) is 29.7. The number of hydrogen-bond acceptors (Lipinski definition) is 8. The fourth-order valence-electron chi connectivity index (χ4n) is 7.54. The maximum atomic E-state index is 16.7. The molecule has 2 unspecified atom stereocenters. The maximum Gasteiger partial charge on any atom is 0.416 e. The summed E-state index contributed by atoms with van der Waals surface area (Å²) in [6, 6.07) is 22.6. The first-order valence-corrected chi connectivity index (χ1v) is 17.5. The molecular formula is C40H43FN6O4. The van der Waals surface area contributed by atoms with Crippen LogP contribution in [0.25, 0.3) is 11.0 Å². The SMILES string of the molecule is CCn1nnc2c(F)c(C(c3ccc(C)c(CN4Cc5ncccc5OC(C)(C)C4)c3)C(C)C(=O)N3C(=O)OC[C@H]3Cc3ccccc3)ccc21. The van der Waals surface area contributed by atoms with Crippen LogP contribution in [0.4, 0.5) is 9.18 Å². The summed E-state index contributed by atoms with van der Waals surface area (Å²) in [5, 5.41) is 8.32. The van der Waals surface area contributed by atoms with Gasteiger partial charge in [0.1, 0.15) is 23.5 Å². The molecule has 0 N–H and O–H groups in total. The first-order valence-electron chi connectivity index (χ1n) is 17.5. The number of amides is 2. The minimum absolute atomic E-state index is 0.0971. The highest BCUT2D eigenvalue weighted by atomic mass is 19.1. The Labute approximate surface area is 297 Å². The fourth-order valence-corrected chi connectivity index (χ4v) is 7.54. The number of pyridine rings is 1. The first kappa shape index (κ1) is 34.3. The number of aryl methyl sites for hydroxylation is 2. The van der Waals surface area contributed by atoms with Crippen LogP contribution in [0.15, 0.2) is 79.0 Å². The Hall–Kier alpha value is -5.16. The van der Waals surface area contributed by atoms with Gasteiger partial charge in [0, 0.05) is 44.2 Å². The second-order valence-corrected chi connectivity index (χ2v) is 14.3. The van der Waals surface area contributed by atoms with Gasteiger partial charge in [0.2, 0.25) is 5.91 Å². The van der Waals surface area contributed by atoms with E-state index < -0.39 is 41.3 Å². The van der Waals surface area contributed by atoms with Crippen molar-refractivity contribution in [3.63, 3.8) is 0 Å². The van der Waals surface area contributed by atoms with Gasteiger partial charge in [-0.2, -0.15) is 0 Å². The van der Waals surface area contributed by atoms with Crippen LogP contribution in [0.5, 0.6) is 5.75 Å². The number of fused-ring (bicyclic) bond motifs is 2. The van der Waals surface area contributed by atoms with Crippen LogP contribution in [0.2, 0.25) is 0 Å². The number of carbonyl (C=O) groups excluding carboxylic acids is 2. The Balaban J connectivity index is 1.27. The normalized spacial score (nSPS) is 18.5. The van der Waals surface area contributed by atoms with E-state index in [0.717, 1.165) is 33.7 Å². The molecule has 2 aliphatic heterocycles. The highest BCUT2D eigenvalue weighted by Gasteiger charge is 2.43. The van der Waals surface area contributed by atoms with Gasteiger partial charge < -0.3 is 9.47 Å². The molecule has 2 amide bonds. The zero-order valence-corrected chi connectivity index (χ0v) is 29.7. The summed E-state index contributed by atoms with van der Waals surface area (Å²) in [5.41, 5.74) is 5.29. The number of halogens is 1. The topological polar surface area (TPSA) is 103 Å². The van der Waals surface area contributed by atoms with Crippen LogP contribution in [-0.4, -0.2) is 66.6 Å². The standard InChI is InChI=1S/C40H43FN6O4/c1-6-46-33-17-16-31(36(41)37(33)43-44-46)35(26(3)38(48)47-30(23-50-39(47)49)19-27-11-8-7-9-12-27)28-15-14-25(2)29(20-28)21-45-22-32-34(13-10-18-42-32)51-40(4,5)24-45/h7-18,20,26,30,35H,6,19,21-24H2,1-5H3/t26?,30-,35?/m1/s1. The summed E-state index contributed by atoms with van der Waals surface area (Å²) in [7, 11) is 0. The lowest BCUT2D eigenvalue weighted by molar-refractivity contribution is -0.133. The van der Waals surface area contributed by atoms with E-state index in [2.05, 4.69) is 47.0 Å². The minimum atomic E-state index is -0.834. The predicted octanol–water partition coefficient (Wildman–Crippen LogP) is 6.83. The summed E-state index contributed by atoms with van der Waals surface area (Å²) in [4.78, 5) is 35.8. The van der Waals surface area contributed by atoms with Crippen molar-refractivity contribution in [2.45, 2.75) is 78.2 Å². The number of ether oxygens (including phenoxy) is 2. The zero-order chi connectivity index (χ0) is 35.9. The van der Waals surface area contributed by atoms with Gasteiger partial charge in [0.05, 0.1) is 17.3 Å². The van der Waals surface area contributed by atoms with Crippen LogP contribution in [-0.2, 0) is 35.6 Å². The third-order valence-electron chi connectivity index (χ3n) is 10.0. The van der Waals surface area contributed by atoms with Crippen molar-refractivity contribution in [2.24, 2.45) is 5.92 Å². The fraction of sp³-hybridized carbons (Fsp3) is 0.375. The largest absolute Gasteiger partial charge is 0.485 e. The van der Waals surface area contributed by atoms with Gasteiger partial charge in [-0.15, -0.1) is 5.10 Å². The van der Waals surface area contributed by atoms with Crippen LogP contribution in [0.3, 0.4) is 0 Å². The second kappa shape index (κ2) is 13.9. The van der Waals surface area contributed by atoms with E-state index in [-0.39, 0.29) is 12.1 Å². The molecule has 4 heterocycles. The number of benzene rings is 3. The number of cyclic esters (lactones) is 1. The van der Waals surface area contributed by atoms with Gasteiger partial charge in [-0.05, 0) is 80.1 Å². The van der Waals surface area contributed by atoms with E-state index >= 15 is 4.39 Å². The Bertz CT molecular complexity index is 2080. The van der Waals surface area contributed by atoms with Crippen molar-refractivity contribution in [2.75, 3.05) is 13.2 Å².